The van der Waals surface area contributed by atoms with Crippen molar-refractivity contribution in [3.05, 3.63) is 22.1 Å². The molecule has 0 radical (unpaired) electrons. The van der Waals surface area contributed by atoms with E-state index in [2.05, 4.69) is 15.3 Å². The Hall–Kier alpha value is -1.34. The molecule has 0 bridgehead atoms. The van der Waals surface area contributed by atoms with Crippen LogP contribution in [0.5, 0.6) is 0 Å². The average molecular weight is 297 g/mol. The fraction of sp³-hybridized carbons (Fsp3) is 0.615. The first-order valence-electron chi connectivity index (χ1n) is 6.62. The number of rotatable bonds is 4. The Morgan fingerprint density at radius 3 is 3.00 bits per heavy atom. The summed E-state index contributed by atoms with van der Waals surface area (Å²) in [5.41, 5.74) is -0.362. The first-order chi connectivity index (χ1) is 9.45. The number of aromatic amines is 1. The number of nitrogens with zero attached hydrogens (tertiary/aromatic N) is 1. The summed E-state index contributed by atoms with van der Waals surface area (Å²) in [6.07, 6.45) is 2.94. The zero-order valence-corrected chi connectivity index (χ0v) is 12.4. The monoisotopic (exact) mass is 297 g/mol. The lowest BCUT2D eigenvalue weighted by Gasteiger charge is -2.36. The zero-order valence-electron chi connectivity index (χ0n) is 11.6. The number of likely N-dealkylation sites (N-methyl/N-ethyl adjacent to an activating group) is 1. The van der Waals surface area contributed by atoms with E-state index in [-0.39, 0.29) is 10.8 Å². The van der Waals surface area contributed by atoms with E-state index < -0.39 is 11.5 Å². The molecule has 1 saturated carbocycles. The lowest BCUT2D eigenvalue weighted by molar-refractivity contribution is -0.146. The van der Waals surface area contributed by atoms with Crippen molar-refractivity contribution >= 4 is 17.7 Å². The van der Waals surface area contributed by atoms with Gasteiger partial charge < -0.3 is 15.4 Å². The molecule has 1 fully saturated rings. The van der Waals surface area contributed by atoms with Crippen LogP contribution in [0.1, 0.15) is 31.4 Å². The van der Waals surface area contributed by atoms with Crippen molar-refractivity contribution in [1.29, 1.82) is 0 Å². The molecule has 0 spiro atoms. The molecule has 2 rings (SSSR count). The normalized spacial score (nSPS) is 26.4. The number of hydrogen-bond donors (Lipinski definition) is 3. The summed E-state index contributed by atoms with van der Waals surface area (Å²) in [6, 6.07) is 1.44. The van der Waals surface area contributed by atoms with Crippen LogP contribution in [0.4, 0.5) is 0 Å². The predicted octanol–water partition coefficient (Wildman–Crippen LogP) is 1.16. The third-order valence-corrected chi connectivity index (χ3v) is 4.87. The van der Waals surface area contributed by atoms with Gasteiger partial charge in [0.05, 0.1) is 0 Å². The van der Waals surface area contributed by atoms with Crippen LogP contribution >= 0.6 is 11.8 Å². The van der Waals surface area contributed by atoms with Crippen LogP contribution < -0.4 is 10.9 Å². The van der Waals surface area contributed by atoms with Gasteiger partial charge in [-0.05, 0) is 39.7 Å². The van der Waals surface area contributed by atoms with Gasteiger partial charge in [0.15, 0.2) is 5.16 Å². The second kappa shape index (κ2) is 5.97. The van der Waals surface area contributed by atoms with Gasteiger partial charge in [-0.25, -0.2) is 4.98 Å². The van der Waals surface area contributed by atoms with Crippen LogP contribution in [0.25, 0.3) is 0 Å². The van der Waals surface area contributed by atoms with E-state index in [1.807, 2.05) is 0 Å². The van der Waals surface area contributed by atoms with Crippen molar-refractivity contribution in [3.8, 4) is 0 Å². The predicted molar refractivity (Wildman–Crippen MR) is 77.1 cm³/mol. The number of aryl methyl sites for hydroxylation is 1. The molecule has 1 heterocycles. The van der Waals surface area contributed by atoms with Crippen LogP contribution in [0.2, 0.25) is 0 Å². The van der Waals surface area contributed by atoms with E-state index in [0.29, 0.717) is 23.7 Å². The highest BCUT2D eigenvalue weighted by molar-refractivity contribution is 7.99. The smallest absolute Gasteiger partial charge is 0.323 e. The molecule has 0 saturated heterocycles. The number of aromatic nitrogens is 2. The Labute approximate surface area is 121 Å². The summed E-state index contributed by atoms with van der Waals surface area (Å²) in [7, 11) is 1.69. The number of carboxylic acid groups (broad SMARTS) is 1. The van der Waals surface area contributed by atoms with Crippen molar-refractivity contribution in [2.75, 3.05) is 7.05 Å². The van der Waals surface area contributed by atoms with E-state index in [1.54, 1.807) is 14.0 Å². The average Bonchev–Trinajstić information content (AvgIpc) is 2.37. The minimum Gasteiger partial charge on any atom is -0.480 e. The number of carbonyl (C=O) groups is 1. The molecule has 0 aliphatic heterocycles. The number of thioether (sulfide) groups is 1. The number of nitrogens with one attached hydrogen (secondary N) is 2. The molecule has 2 unspecified atom stereocenters. The molecule has 1 aromatic heterocycles. The standard InChI is InChI=1S/C13H19N3O3S/c1-8-6-10(17)16-12(15-8)20-9-4-3-5-13(7-9,14-2)11(18)19/h6,9,14H,3-5,7H2,1-2H3,(H,18,19)(H,15,16,17). The van der Waals surface area contributed by atoms with Gasteiger partial charge in [-0.15, -0.1) is 0 Å². The van der Waals surface area contributed by atoms with Crippen LogP contribution in [-0.4, -0.2) is 38.9 Å². The van der Waals surface area contributed by atoms with Gasteiger partial charge in [0, 0.05) is 17.0 Å². The van der Waals surface area contributed by atoms with Gasteiger partial charge in [0.25, 0.3) is 5.56 Å². The quantitative estimate of drug-likeness (QED) is 0.722. The summed E-state index contributed by atoms with van der Waals surface area (Å²) in [5.74, 6) is -0.809. The molecular weight excluding hydrogens is 278 g/mol. The minimum atomic E-state index is -0.861. The van der Waals surface area contributed by atoms with Crippen molar-refractivity contribution in [1.82, 2.24) is 15.3 Å². The van der Waals surface area contributed by atoms with Crippen molar-refractivity contribution in [2.45, 2.75) is 48.6 Å². The second-order valence-corrected chi connectivity index (χ2v) is 6.45. The van der Waals surface area contributed by atoms with Gasteiger partial charge >= 0.3 is 5.97 Å². The van der Waals surface area contributed by atoms with E-state index in [9.17, 15) is 14.7 Å². The lowest BCUT2D eigenvalue weighted by atomic mass is 9.81. The van der Waals surface area contributed by atoms with Crippen LogP contribution in [0.15, 0.2) is 16.0 Å². The molecule has 7 heteroatoms. The number of hydrogen-bond acceptors (Lipinski definition) is 5. The van der Waals surface area contributed by atoms with E-state index in [0.717, 1.165) is 12.8 Å². The van der Waals surface area contributed by atoms with E-state index >= 15 is 0 Å². The summed E-state index contributed by atoms with van der Waals surface area (Å²) in [4.78, 5) is 29.9. The van der Waals surface area contributed by atoms with Crippen molar-refractivity contribution in [3.63, 3.8) is 0 Å². The highest BCUT2D eigenvalue weighted by Crippen LogP contribution is 2.37. The number of carboxylic acids is 1. The minimum absolute atomic E-state index is 0.136. The van der Waals surface area contributed by atoms with Gasteiger partial charge in [0.1, 0.15) is 5.54 Å². The van der Waals surface area contributed by atoms with E-state index in [4.69, 9.17) is 0 Å². The summed E-state index contributed by atoms with van der Waals surface area (Å²) >= 11 is 1.46. The van der Waals surface area contributed by atoms with Crippen molar-refractivity contribution in [2.24, 2.45) is 0 Å². The SMILES string of the molecule is CNC1(C(=O)O)CCCC(Sc2nc(C)cc(=O)[nH]2)C1. The highest BCUT2D eigenvalue weighted by atomic mass is 32.2. The zero-order chi connectivity index (χ0) is 14.8. The molecule has 3 N–H and O–H groups in total. The second-order valence-electron chi connectivity index (χ2n) is 5.17. The number of H-pyrrole nitrogens is 1. The molecule has 1 aliphatic carbocycles. The highest BCUT2D eigenvalue weighted by Gasteiger charge is 2.42. The Balaban J connectivity index is 2.13. The molecule has 6 nitrogen and oxygen atoms in total. The third-order valence-electron chi connectivity index (χ3n) is 3.72. The Kier molecular flexibility index (Phi) is 4.49. The Morgan fingerprint density at radius 1 is 1.65 bits per heavy atom. The van der Waals surface area contributed by atoms with Gasteiger partial charge in [-0.3, -0.25) is 9.59 Å². The summed E-state index contributed by atoms with van der Waals surface area (Å²) < 4.78 is 0. The molecule has 1 aromatic rings. The van der Waals surface area contributed by atoms with Gasteiger partial charge in [-0.1, -0.05) is 11.8 Å². The molecule has 2 atom stereocenters. The Bertz CT molecular complexity index is 560. The van der Waals surface area contributed by atoms with E-state index in [1.165, 1.54) is 17.8 Å². The third kappa shape index (κ3) is 3.21. The molecular formula is C13H19N3O3S. The van der Waals surface area contributed by atoms with Crippen LogP contribution in [0, 0.1) is 6.92 Å². The molecule has 110 valence electrons. The molecule has 0 amide bonds. The van der Waals surface area contributed by atoms with Crippen molar-refractivity contribution < 1.29 is 9.90 Å². The lowest BCUT2D eigenvalue weighted by Crippen LogP contribution is -2.53. The molecule has 20 heavy (non-hydrogen) atoms. The van der Waals surface area contributed by atoms with Gasteiger partial charge in [0.2, 0.25) is 0 Å². The maximum absolute atomic E-state index is 11.5. The fourth-order valence-electron chi connectivity index (χ4n) is 2.62. The maximum Gasteiger partial charge on any atom is 0.323 e. The molecule has 0 aromatic carbocycles. The largest absolute Gasteiger partial charge is 0.480 e. The topological polar surface area (TPSA) is 95.1 Å². The van der Waals surface area contributed by atoms with Crippen LogP contribution in [-0.2, 0) is 4.79 Å². The van der Waals surface area contributed by atoms with Crippen LogP contribution in [0.3, 0.4) is 0 Å². The maximum atomic E-state index is 11.5. The first kappa shape index (κ1) is 15.1. The molecule has 1 aliphatic rings. The Morgan fingerprint density at radius 2 is 2.40 bits per heavy atom. The van der Waals surface area contributed by atoms with Gasteiger partial charge in [-0.2, -0.15) is 0 Å². The summed E-state index contributed by atoms with van der Waals surface area (Å²) in [5, 5.41) is 13.1. The summed E-state index contributed by atoms with van der Waals surface area (Å²) in [6.45, 7) is 1.77. The first-order valence-corrected chi connectivity index (χ1v) is 7.50. The fourth-order valence-corrected chi connectivity index (χ4v) is 3.94. The number of aliphatic carboxylic acids is 1.